The number of hydrogen-bond donors (Lipinski definition) is 0. The summed E-state index contributed by atoms with van der Waals surface area (Å²) >= 11 is 0. The molecule has 0 aliphatic carbocycles. The van der Waals surface area contributed by atoms with Crippen molar-refractivity contribution in [3.63, 3.8) is 0 Å². The second-order valence-electron chi connectivity index (χ2n) is 6.57. The van der Waals surface area contributed by atoms with Crippen LogP contribution in [0.25, 0.3) is 6.08 Å². The van der Waals surface area contributed by atoms with E-state index in [0.717, 1.165) is 16.7 Å². The Balaban J connectivity index is 2.03. The Morgan fingerprint density at radius 2 is 1.67 bits per heavy atom. The van der Waals surface area contributed by atoms with E-state index < -0.39 is 16.3 Å². The molecule has 2 atom stereocenters. The van der Waals surface area contributed by atoms with Crippen LogP contribution in [0, 0.1) is 0 Å². The fraction of sp³-hybridized carbons (Fsp3) is 0.273. The highest BCUT2D eigenvalue weighted by Crippen LogP contribution is 2.37. The van der Waals surface area contributed by atoms with Crippen LogP contribution in [-0.4, -0.2) is 31.8 Å². The molecule has 4 nitrogen and oxygen atoms in total. The lowest BCUT2D eigenvalue weighted by Crippen LogP contribution is -2.41. The smallest absolute Gasteiger partial charge is 0.233 e. The predicted octanol–water partition coefficient (Wildman–Crippen LogP) is 4.40. The van der Waals surface area contributed by atoms with Crippen LogP contribution in [0.15, 0.2) is 78.5 Å². The molecule has 5 heteroatoms. The van der Waals surface area contributed by atoms with Gasteiger partial charge < -0.3 is 4.74 Å². The van der Waals surface area contributed by atoms with E-state index in [1.54, 1.807) is 6.20 Å². The van der Waals surface area contributed by atoms with Crippen molar-refractivity contribution in [2.45, 2.75) is 25.5 Å². The Morgan fingerprint density at radius 3 is 2.26 bits per heavy atom. The van der Waals surface area contributed by atoms with Gasteiger partial charge in [-0.15, -0.1) is 0 Å². The number of nitrogens with zero attached hydrogens (tertiary/aromatic N) is 1. The summed E-state index contributed by atoms with van der Waals surface area (Å²) in [6.45, 7) is 2.34. The Hall–Kier alpha value is -2.37. The summed E-state index contributed by atoms with van der Waals surface area (Å²) < 4.78 is 31.7. The van der Waals surface area contributed by atoms with Gasteiger partial charge in [-0.05, 0) is 23.6 Å². The average molecular weight is 384 g/mol. The number of ether oxygens (including phenoxy) is 1. The van der Waals surface area contributed by atoms with Gasteiger partial charge in [0.15, 0.2) is 0 Å². The molecular weight excluding hydrogens is 358 g/mol. The molecule has 27 heavy (non-hydrogen) atoms. The molecule has 0 unspecified atom stereocenters. The Bertz CT molecular complexity index is 905. The minimum atomic E-state index is -3.42. The van der Waals surface area contributed by atoms with Crippen LogP contribution < -0.4 is 0 Å². The van der Waals surface area contributed by atoms with Gasteiger partial charge in [0.25, 0.3) is 0 Å². The standard InChI is InChI=1S/C22H25NO3S/c1-3-26-22-16-21(19-12-8-5-9-13-19)20(17-23(22)27(2,24)25)15-14-18-10-6-4-7-11-18/h4-15,17,21-22H,3,16H2,1-2H3/b15-14+/t21-,22-/m0/s1. The Morgan fingerprint density at radius 1 is 1.04 bits per heavy atom. The summed E-state index contributed by atoms with van der Waals surface area (Å²) in [5.41, 5.74) is 3.17. The number of hydrogen-bond acceptors (Lipinski definition) is 3. The topological polar surface area (TPSA) is 46.6 Å². The van der Waals surface area contributed by atoms with Gasteiger partial charge in [0.2, 0.25) is 10.0 Å². The number of rotatable bonds is 6. The van der Waals surface area contributed by atoms with Crippen molar-refractivity contribution in [3.8, 4) is 0 Å². The minimum absolute atomic E-state index is 0.0701. The highest BCUT2D eigenvalue weighted by molar-refractivity contribution is 7.88. The maximum atomic E-state index is 12.3. The lowest BCUT2D eigenvalue weighted by Gasteiger charge is -2.37. The van der Waals surface area contributed by atoms with Crippen molar-refractivity contribution in [2.75, 3.05) is 12.9 Å². The van der Waals surface area contributed by atoms with E-state index in [4.69, 9.17) is 4.74 Å². The first-order chi connectivity index (χ1) is 13.0. The molecular formula is C22H25NO3S. The summed E-state index contributed by atoms with van der Waals surface area (Å²) in [5, 5.41) is 0. The maximum Gasteiger partial charge on any atom is 0.233 e. The van der Waals surface area contributed by atoms with E-state index >= 15 is 0 Å². The van der Waals surface area contributed by atoms with E-state index in [9.17, 15) is 8.42 Å². The van der Waals surface area contributed by atoms with E-state index in [1.165, 1.54) is 10.6 Å². The SMILES string of the molecule is CCO[C@H]1C[C@@H](c2ccccc2)C(/C=C/c2ccccc2)=CN1S(C)(=O)=O. The molecule has 0 saturated heterocycles. The van der Waals surface area contributed by atoms with Crippen LogP contribution in [0.2, 0.25) is 0 Å². The third kappa shape index (κ3) is 4.87. The van der Waals surface area contributed by atoms with E-state index in [0.29, 0.717) is 13.0 Å². The average Bonchev–Trinajstić information content (AvgIpc) is 2.67. The molecule has 0 radical (unpaired) electrons. The highest BCUT2D eigenvalue weighted by atomic mass is 32.2. The minimum Gasteiger partial charge on any atom is -0.358 e. The molecule has 2 aromatic carbocycles. The molecule has 0 amide bonds. The van der Waals surface area contributed by atoms with Crippen LogP contribution >= 0.6 is 0 Å². The lowest BCUT2D eigenvalue weighted by atomic mass is 9.85. The zero-order chi connectivity index (χ0) is 19.3. The molecule has 0 bridgehead atoms. The fourth-order valence-corrected chi connectivity index (χ4v) is 4.22. The second kappa shape index (κ2) is 8.55. The van der Waals surface area contributed by atoms with Crippen LogP contribution in [0.4, 0.5) is 0 Å². The van der Waals surface area contributed by atoms with Crippen molar-refractivity contribution in [2.24, 2.45) is 0 Å². The molecule has 1 aliphatic rings. The Kier molecular flexibility index (Phi) is 6.14. The normalized spacial score (nSPS) is 20.7. The quantitative estimate of drug-likeness (QED) is 0.743. The number of allylic oxidation sites excluding steroid dienone is 2. The van der Waals surface area contributed by atoms with Gasteiger partial charge in [-0.1, -0.05) is 72.8 Å². The first-order valence-electron chi connectivity index (χ1n) is 9.09. The van der Waals surface area contributed by atoms with Crippen LogP contribution in [0.5, 0.6) is 0 Å². The summed E-state index contributed by atoms with van der Waals surface area (Å²) in [4.78, 5) is 0. The largest absolute Gasteiger partial charge is 0.358 e. The van der Waals surface area contributed by atoms with Crippen LogP contribution in [0.1, 0.15) is 30.4 Å². The zero-order valence-corrected chi connectivity index (χ0v) is 16.5. The first kappa shape index (κ1) is 19.4. The van der Waals surface area contributed by atoms with Gasteiger partial charge in [-0.2, -0.15) is 0 Å². The van der Waals surface area contributed by atoms with E-state index in [2.05, 4.69) is 12.1 Å². The summed E-state index contributed by atoms with van der Waals surface area (Å²) in [5.74, 6) is 0.0701. The van der Waals surface area contributed by atoms with Crippen molar-refractivity contribution in [1.82, 2.24) is 4.31 Å². The van der Waals surface area contributed by atoms with Crippen molar-refractivity contribution in [1.29, 1.82) is 0 Å². The van der Waals surface area contributed by atoms with E-state index in [-0.39, 0.29) is 5.92 Å². The third-order valence-corrected chi connectivity index (χ3v) is 5.72. The van der Waals surface area contributed by atoms with Gasteiger partial charge in [-0.3, -0.25) is 0 Å². The molecule has 142 valence electrons. The maximum absolute atomic E-state index is 12.3. The van der Waals surface area contributed by atoms with Crippen LogP contribution in [-0.2, 0) is 14.8 Å². The molecule has 0 saturated carbocycles. The molecule has 3 rings (SSSR count). The molecule has 0 fully saturated rings. The molecule has 1 heterocycles. The lowest BCUT2D eigenvalue weighted by molar-refractivity contribution is -0.00857. The summed E-state index contributed by atoms with van der Waals surface area (Å²) in [6, 6.07) is 20.1. The zero-order valence-electron chi connectivity index (χ0n) is 15.7. The van der Waals surface area contributed by atoms with E-state index in [1.807, 2.05) is 67.6 Å². The molecule has 0 spiro atoms. The predicted molar refractivity (Wildman–Crippen MR) is 109 cm³/mol. The summed E-state index contributed by atoms with van der Waals surface area (Å²) in [6.07, 6.45) is 7.05. The van der Waals surface area contributed by atoms with Crippen molar-refractivity contribution in [3.05, 3.63) is 89.6 Å². The van der Waals surface area contributed by atoms with Gasteiger partial charge in [0.1, 0.15) is 6.23 Å². The summed E-state index contributed by atoms with van der Waals surface area (Å²) in [7, 11) is -3.42. The third-order valence-electron chi connectivity index (χ3n) is 4.61. The number of sulfonamides is 1. The second-order valence-corrected chi connectivity index (χ2v) is 8.46. The fourth-order valence-electron chi connectivity index (χ4n) is 3.33. The van der Waals surface area contributed by atoms with Crippen LogP contribution in [0.3, 0.4) is 0 Å². The van der Waals surface area contributed by atoms with Gasteiger partial charge >= 0.3 is 0 Å². The molecule has 1 aliphatic heterocycles. The van der Waals surface area contributed by atoms with Gasteiger partial charge in [0, 0.05) is 25.1 Å². The Labute approximate surface area is 161 Å². The van der Waals surface area contributed by atoms with Gasteiger partial charge in [0.05, 0.1) is 6.26 Å². The monoisotopic (exact) mass is 383 g/mol. The van der Waals surface area contributed by atoms with Crippen molar-refractivity contribution >= 4 is 16.1 Å². The number of benzene rings is 2. The van der Waals surface area contributed by atoms with Crippen molar-refractivity contribution < 1.29 is 13.2 Å². The molecule has 0 aromatic heterocycles. The molecule has 2 aromatic rings. The first-order valence-corrected chi connectivity index (χ1v) is 10.9. The molecule has 0 N–H and O–H groups in total. The van der Waals surface area contributed by atoms with Gasteiger partial charge in [-0.25, -0.2) is 12.7 Å². The highest BCUT2D eigenvalue weighted by Gasteiger charge is 2.33.